The van der Waals surface area contributed by atoms with Crippen LogP contribution in [0, 0.1) is 6.92 Å². The summed E-state index contributed by atoms with van der Waals surface area (Å²) >= 11 is 5.99. The monoisotopic (exact) mass is 238 g/mol. The third kappa shape index (κ3) is 3.97. The number of Topliss-reactive ketones (excluding diaryl/α,β-unsaturated/α-hetero) is 1. The van der Waals surface area contributed by atoms with Crippen LogP contribution in [-0.2, 0) is 0 Å². The zero-order valence-corrected chi connectivity index (χ0v) is 10.8. The number of ketones is 1. The van der Waals surface area contributed by atoms with E-state index in [1.54, 1.807) is 6.07 Å². The number of carbonyl (C=O) groups is 1. The Kier molecular flexibility index (Phi) is 5.54. The molecule has 0 atom stereocenters. The van der Waals surface area contributed by atoms with Gasteiger partial charge in [0.25, 0.3) is 0 Å². The molecule has 0 bridgehead atoms. The van der Waals surface area contributed by atoms with Gasteiger partial charge in [0.15, 0.2) is 5.78 Å². The summed E-state index contributed by atoms with van der Waals surface area (Å²) in [5.41, 5.74) is 1.76. The fourth-order valence-corrected chi connectivity index (χ4v) is 1.80. The first-order valence-electron chi connectivity index (χ1n) is 5.94. The van der Waals surface area contributed by atoms with Gasteiger partial charge in [-0.25, -0.2) is 0 Å². The highest BCUT2D eigenvalue weighted by Gasteiger charge is 2.06. The van der Waals surface area contributed by atoms with Crippen molar-refractivity contribution in [3.63, 3.8) is 0 Å². The summed E-state index contributed by atoms with van der Waals surface area (Å²) < 4.78 is 0. The lowest BCUT2D eigenvalue weighted by Gasteiger charge is -2.03. The van der Waals surface area contributed by atoms with Gasteiger partial charge in [-0.1, -0.05) is 49.9 Å². The molecule has 0 aliphatic heterocycles. The Labute approximate surface area is 103 Å². The molecule has 0 spiro atoms. The summed E-state index contributed by atoms with van der Waals surface area (Å²) in [5, 5.41) is 0.680. The third-order valence-corrected chi connectivity index (χ3v) is 3.16. The standard InChI is InChI=1S/C14H19ClO/c1-3-4-5-6-7-14(16)12-9-8-11(2)13(15)10-12/h8-10H,3-7H2,1-2H3. The number of rotatable bonds is 6. The van der Waals surface area contributed by atoms with Gasteiger partial charge in [-0.05, 0) is 25.0 Å². The number of hydrogen-bond donors (Lipinski definition) is 0. The lowest BCUT2D eigenvalue weighted by Crippen LogP contribution is -1.99. The lowest BCUT2D eigenvalue weighted by molar-refractivity contribution is 0.0979. The van der Waals surface area contributed by atoms with Crippen LogP contribution in [0.25, 0.3) is 0 Å². The molecule has 88 valence electrons. The number of hydrogen-bond acceptors (Lipinski definition) is 1. The van der Waals surface area contributed by atoms with Gasteiger partial charge in [0.2, 0.25) is 0 Å². The average molecular weight is 239 g/mol. The second kappa shape index (κ2) is 6.70. The van der Waals surface area contributed by atoms with Crippen molar-refractivity contribution in [1.82, 2.24) is 0 Å². The molecule has 16 heavy (non-hydrogen) atoms. The van der Waals surface area contributed by atoms with E-state index in [1.165, 1.54) is 12.8 Å². The van der Waals surface area contributed by atoms with Crippen molar-refractivity contribution in [2.75, 3.05) is 0 Å². The molecule has 0 aliphatic rings. The highest BCUT2D eigenvalue weighted by atomic mass is 35.5. The molecule has 0 heterocycles. The van der Waals surface area contributed by atoms with Gasteiger partial charge < -0.3 is 0 Å². The van der Waals surface area contributed by atoms with Gasteiger partial charge in [-0.15, -0.1) is 0 Å². The van der Waals surface area contributed by atoms with E-state index in [0.29, 0.717) is 11.4 Å². The van der Waals surface area contributed by atoms with Gasteiger partial charge in [0, 0.05) is 17.0 Å². The summed E-state index contributed by atoms with van der Waals surface area (Å²) in [6.07, 6.45) is 5.17. The molecule has 0 radical (unpaired) electrons. The molecule has 1 rings (SSSR count). The fraction of sp³-hybridized carbons (Fsp3) is 0.500. The van der Waals surface area contributed by atoms with Crippen LogP contribution in [0.3, 0.4) is 0 Å². The van der Waals surface area contributed by atoms with Crippen molar-refractivity contribution in [1.29, 1.82) is 0 Å². The Bertz CT molecular complexity index is 358. The van der Waals surface area contributed by atoms with E-state index in [9.17, 15) is 4.79 Å². The first-order chi connectivity index (χ1) is 7.65. The molecule has 0 unspecified atom stereocenters. The van der Waals surface area contributed by atoms with Gasteiger partial charge in [0.05, 0.1) is 0 Å². The molecule has 0 fully saturated rings. The lowest BCUT2D eigenvalue weighted by atomic mass is 10.0. The van der Waals surface area contributed by atoms with Crippen molar-refractivity contribution < 1.29 is 4.79 Å². The zero-order valence-electron chi connectivity index (χ0n) is 10.1. The summed E-state index contributed by atoms with van der Waals surface area (Å²) in [5.74, 6) is 0.206. The molecule has 2 heteroatoms. The highest BCUT2D eigenvalue weighted by Crippen LogP contribution is 2.18. The quantitative estimate of drug-likeness (QED) is 0.514. The minimum atomic E-state index is 0.206. The number of benzene rings is 1. The van der Waals surface area contributed by atoms with Crippen molar-refractivity contribution >= 4 is 17.4 Å². The van der Waals surface area contributed by atoms with Crippen molar-refractivity contribution in [2.24, 2.45) is 0 Å². The minimum Gasteiger partial charge on any atom is -0.294 e. The Morgan fingerprint density at radius 2 is 2.00 bits per heavy atom. The van der Waals surface area contributed by atoms with Crippen LogP contribution in [0.1, 0.15) is 54.9 Å². The number of unbranched alkanes of at least 4 members (excludes halogenated alkanes) is 3. The van der Waals surface area contributed by atoms with Crippen LogP contribution < -0.4 is 0 Å². The number of halogens is 1. The van der Waals surface area contributed by atoms with Gasteiger partial charge in [-0.3, -0.25) is 4.79 Å². The maximum Gasteiger partial charge on any atom is 0.162 e. The molecular formula is C14H19ClO. The normalized spacial score (nSPS) is 10.4. The summed E-state index contributed by atoms with van der Waals surface area (Å²) in [6, 6.07) is 5.55. The summed E-state index contributed by atoms with van der Waals surface area (Å²) in [4.78, 5) is 11.8. The van der Waals surface area contributed by atoms with E-state index in [4.69, 9.17) is 11.6 Å². The van der Waals surface area contributed by atoms with E-state index in [1.807, 2.05) is 19.1 Å². The van der Waals surface area contributed by atoms with Crippen molar-refractivity contribution in [3.05, 3.63) is 34.3 Å². The Hall–Kier alpha value is -0.820. The molecule has 0 saturated heterocycles. The van der Waals surface area contributed by atoms with Crippen LogP contribution in [0.5, 0.6) is 0 Å². The topological polar surface area (TPSA) is 17.1 Å². The maximum atomic E-state index is 11.8. The van der Waals surface area contributed by atoms with Crippen LogP contribution in [0.2, 0.25) is 5.02 Å². The third-order valence-electron chi connectivity index (χ3n) is 2.75. The van der Waals surface area contributed by atoms with Crippen LogP contribution in [0.15, 0.2) is 18.2 Å². The molecule has 0 aromatic heterocycles. The molecule has 1 aromatic rings. The van der Waals surface area contributed by atoms with E-state index < -0.39 is 0 Å². The molecule has 0 amide bonds. The first-order valence-corrected chi connectivity index (χ1v) is 6.32. The van der Waals surface area contributed by atoms with Crippen molar-refractivity contribution in [2.45, 2.75) is 46.0 Å². The fourth-order valence-electron chi connectivity index (χ4n) is 1.62. The molecule has 0 N–H and O–H groups in total. The molecule has 0 aliphatic carbocycles. The number of carbonyl (C=O) groups excluding carboxylic acids is 1. The largest absolute Gasteiger partial charge is 0.294 e. The predicted molar refractivity (Wildman–Crippen MR) is 69.3 cm³/mol. The average Bonchev–Trinajstić information content (AvgIpc) is 2.28. The first kappa shape index (κ1) is 13.2. The minimum absolute atomic E-state index is 0.206. The van der Waals surface area contributed by atoms with E-state index in [2.05, 4.69) is 6.92 Å². The molecule has 1 aromatic carbocycles. The van der Waals surface area contributed by atoms with E-state index in [0.717, 1.165) is 24.0 Å². The summed E-state index contributed by atoms with van der Waals surface area (Å²) in [7, 11) is 0. The van der Waals surface area contributed by atoms with Gasteiger partial charge in [-0.2, -0.15) is 0 Å². The van der Waals surface area contributed by atoms with E-state index in [-0.39, 0.29) is 5.78 Å². The maximum absolute atomic E-state index is 11.8. The zero-order chi connectivity index (χ0) is 12.0. The second-order valence-electron chi connectivity index (χ2n) is 4.20. The van der Waals surface area contributed by atoms with Crippen LogP contribution in [0.4, 0.5) is 0 Å². The second-order valence-corrected chi connectivity index (χ2v) is 4.60. The van der Waals surface area contributed by atoms with Gasteiger partial charge >= 0.3 is 0 Å². The Morgan fingerprint density at radius 3 is 2.62 bits per heavy atom. The van der Waals surface area contributed by atoms with E-state index >= 15 is 0 Å². The van der Waals surface area contributed by atoms with Crippen molar-refractivity contribution in [3.8, 4) is 0 Å². The highest BCUT2D eigenvalue weighted by molar-refractivity contribution is 6.31. The SMILES string of the molecule is CCCCCCC(=O)c1ccc(C)c(Cl)c1. The van der Waals surface area contributed by atoms with Gasteiger partial charge in [0.1, 0.15) is 0 Å². The van der Waals surface area contributed by atoms with Crippen LogP contribution in [-0.4, -0.2) is 5.78 Å². The molecule has 0 saturated carbocycles. The molecular weight excluding hydrogens is 220 g/mol. The van der Waals surface area contributed by atoms with Crippen LogP contribution >= 0.6 is 11.6 Å². The Morgan fingerprint density at radius 1 is 1.25 bits per heavy atom. The number of aryl methyl sites for hydroxylation is 1. The predicted octanol–water partition coefficient (Wildman–Crippen LogP) is 4.80. The smallest absolute Gasteiger partial charge is 0.162 e. The molecule has 1 nitrogen and oxygen atoms in total. The summed E-state index contributed by atoms with van der Waals surface area (Å²) in [6.45, 7) is 4.11. The Balaban J connectivity index is 2.50.